The van der Waals surface area contributed by atoms with E-state index in [0.717, 1.165) is 10.4 Å². The lowest BCUT2D eigenvalue weighted by Crippen LogP contribution is -2.24. The van der Waals surface area contributed by atoms with Gasteiger partial charge in [-0.05, 0) is 53.4 Å². The minimum atomic E-state index is -0.301. The van der Waals surface area contributed by atoms with Gasteiger partial charge >= 0.3 is 0 Å². The summed E-state index contributed by atoms with van der Waals surface area (Å²) < 4.78 is 18.6. The summed E-state index contributed by atoms with van der Waals surface area (Å²) in [6.45, 7) is 0.435. The lowest BCUT2D eigenvalue weighted by molar-refractivity contribution is -0.120. The van der Waals surface area contributed by atoms with Crippen LogP contribution in [0.3, 0.4) is 0 Å². The molecular weight excluding hydrogens is 325 g/mol. The minimum Gasteiger partial charge on any atom is -0.457 e. The lowest BCUT2D eigenvalue weighted by atomic mass is 10.2. The van der Waals surface area contributed by atoms with E-state index in [1.807, 2.05) is 41.8 Å². The van der Waals surface area contributed by atoms with Gasteiger partial charge in [0.25, 0.3) is 0 Å². The van der Waals surface area contributed by atoms with Crippen molar-refractivity contribution in [1.82, 2.24) is 5.32 Å². The van der Waals surface area contributed by atoms with E-state index in [4.69, 9.17) is 4.74 Å². The van der Waals surface area contributed by atoms with E-state index in [2.05, 4.69) is 5.32 Å². The Labute approximate surface area is 143 Å². The predicted molar refractivity (Wildman–Crippen MR) is 92.8 cm³/mol. The van der Waals surface area contributed by atoms with Crippen molar-refractivity contribution in [3.8, 4) is 11.5 Å². The van der Waals surface area contributed by atoms with Gasteiger partial charge < -0.3 is 10.1 Å². The molecule has 2 aromatic carbocycles. The van der Waals surface area contributed by atoms with Gasteiger partial charge in [0.2, 0.25) is 5.91 Å². The quantitative estimate of drug-likeness (QED) is 0.715. The first-order valence-corrected chi connectivity index (χ1v) is 8.38. The van der Waals surface area contributed by atoms with Gasteiger partial charge in [0.1, 0.15) is 17.3 Å². The van der Waals surface area contributed by atoms with Crippen LogP contribution in [0.2, 0.25) is 0 Å². The average molecular weight is 341 g/mol. The summed E-state index contributed by atoms with van der Waals surface area (Å²) in [5.41, 5.74) is 0.939. The summed E-state index contributed by atoms with van der Waals surface area (Å²) in [6.07, 6.45) is 0.392. The molecular formula is C19H16FNO2S. The van der Waals surface area contributed by atoms with Crippen LogP contribution in [0.5, 0.6) is 11.5 Å². The number of amides is 1. The highest BCUT2D eigenvalue weighted by Crippen LogP contribution is 2.22. The molecule has 24 heavy (non-hydrogen) atoms. The topological polar surface area (TPSA) is 38.3 Å². The molecule has 122 valence electrons. The van der Waals surface area contributed by atoms with Crippen LogP contribution in [0.4, 0.5) is 4.39 Å². The Bertz CT molecular complexity index is 800. The third kappa shape index (κ3) is 4.67. The van der Waals surface area contributed by atoms with Gasteiger partial charge in [-0.15, -0.1) is 11.3 Å². The molecule has 0 saturated heterocycles. The Morgan fingerprint density at radius 1 is 1.04 bits per heavy atom. The van der Waals surface area contributed by atoms with Gasteiger partial charge in [0.15, 0.2) is 0 Å². The summed E-state index contributed by atoms with van der Waals surface area (Å²) in [5, 5.41) is 4.86. The summed E-state index contributed by atoms with van der Waals surface area (Å²) in [5.74, 6) is 0.897. The SMILES string of the molecule is O=C(Cc1cccs1)NCc1cccc(Oc2ccc(F)cc2)c1. The maximum absolute atomic E-state index is 12.9. The Hall–Kier alpha value is -2.66. The number of ether oxygens (including phenoxy) is 1. The smallest absolute Gasteiger partial charge is 0.225 e. The highest BCUT2D eigenvalue weighted by molar-refractivity contribution is 7.10. The molecule has 0 unspecified atom stereocenters. The van der Waals surface area contributed by atoms with Gasteiger partial charge in [-0.25, -0.2) is 4.39 Å². The largest absolute Gasteiger partial charge is 0.457 e. The fourth-order valence-electron chi connectivity index (χ4n) is 2.19. The van der Waals surface area contributed by atoms with Crippen molar-refractivity contribution in [3.05, 3.63) is 82.3 Å². The summed E-state index contributed by atoms with van der Waals surface area (Å²) in [6, 6.07) is 17.2. The molecule has 0 aliphatic carbocycles. The van der Waals surface area contributed by atoms with Crippen molar-refractivity contribution in [3.63, 3.8) is 0 Å². The van der Waals surface area contributed by atoms with Crippen molar-refractivity contribution in [2.75, 3.05) is 0 Å². The van der Waals surface area contributed by atoms with Gasteiger partial charge in [-0.3, -0.25) is 4.79 Å². The molecule has 1 amide bonds. The van der Waals surface area contributed by atoms with E-state index in [-0.39, 0.29) is 11.7 Å². The zero-order valence-electron chi connectivity index (χ0n) is 12.9. The van der Waals surface area contributed by atoms with Gasteiger partial charge in [-0.2, -0.15) is 0 Å². The molecule has 0 spiro atoms. The van der Waals surface area contributed by atoms with E-state index >= 15 is 0 Å². The van der Waals surface area contributed by atoms with Crippen LogP contribution in [0, 0.1) is 5.82 Å². The van der Waals surface area contributed by atoms with Crippen molar-refractivity contribution in [2.45, 2.75) is 13.0 Å². The van der Waals surface area contributed by atoms with E-state index in [0.29, 0.717) is 24.5 Å². The van der Waals surface area contributed by atoms with Crippen molar-refractivity contribution < 1.29 is 13.9 Å². The maximum atomic E-state index is 12.9. The summed E-state index contributed by atoms with van der Waals surface area (Å²) in [4.78, 5) is 13.0. The fourth-order valence-corrected chi connectivity index (χ4v) is 2.90. The molecule has 3 nitrogen and oxygen atoms in total. The molecule has 5 heteroatoms. The van der Waals surface area contributed by atoms with Crippen LogP contribution in [0.25, 0.3) is 0 Å². The second kappa shape index (κ2) is 7.75. The first-order chi connectivity index (χ1) is 11.7. The normalized spacial score (nSPS) is 10.4. The zero-order valence-corrected chi connectivity index (χ0v) is 13.7. The zero-order chi connectivity index (χ0) is 16.8. The monoisotopic (exact) mass is 341 g/mol. The number of benzene rings is 2. The number of thiophene rings is 1. The number of nitrogens with one attached hydrogen (secondary N) is 1. The molecule has 0 radical (unpaired) electrons. The molecule has 0 bridgehead atoms. The molecule has 3 rings (SSSR count). The highest BCUT2D eigenvalue weighted by atomic mass is 32.1. The first-order valence-electron chi connectivity index (χ1n) is 7.50. The highest BCUT2D eigenvalue weighted by Gasteiger charge is 2.05. The van der Waals surface area contributed by atoms with Crippen LogP contribution in [0.1, 0.15) is 10.4 Å². The molecule has 3 aromatic rings. The maximum Gasteiger partial charge on any atom is 0.225 e. The first kappa shape index (κ1) is 16.2. The number of rotatable bonds is 6. The minimum absolute atomic E-state index is 0.0118. The van der Waals surface area contributed by atoms with Crippen LogP contribution >= 0.6 is 11.3 Å². The second-order valence-corrected chi connectivity index (χ2v) is 6.27. The fraction of sp³-hybridized carbons (Fsp3) is 0.105. The third-order valence-electron chi connectivity index (χ3n) is 3.35. The predicted octanol–water partition coefficient (Wildman–Crippen LogP) is 4.54. The van der Waals surface area contributed by atoms with Crippen LogP contribution < -0.4 is 10.1 Å². The van der Waals surface area contributed by atoms with Gasteiger partial charge in [0, 0.05) is 11.4 Å². The standard InChI is InChI=1S/C19H16FNO2S/c20-15-6-8-16(9-7-15)23-17-4-1-3-14(11-17)13-21-19(22)12-18-5-2-10-24-18/h1-11H,12-13H2,(H,21,22). The molecule has 1 heterocycles. The Morgan fingerprint density at radius 2 is 1.88 bits per heavy atom. The Balaban J connectivity index is 1.56. The molecule has 0 atom stereocenters. The number of carbonyl (C=O) groups excluding carboxylic acids is 1. The van der Waals surface area contributed by atoms with E-state index in [9.17, 15) is 9.18 Å². The van der Waals surface area contributed by atoms with Crippen molar-refractivity contribution in [2.24, 2.45) is 0 Å². The second-order valence-electron chi connectivity index (χ2n) is 5.24. The van der Waals surface area contributed by atoms with Crippen LogP contribution in [-0.4, -0.2) is 5.91 Å². The lowest BCUT2D eigenvalue weighted by Gasteiger charge is -2.09. The molecule has 0 aliphatic rings. The van der Waals surface area contributed by atoms with E-state index < -0.39 is 0 Å². The number of carbonyl (C=O) groups is 1. The Kier molecular flexibility index (Phi) is 5.23. The molecule has 0 fully saturated rings. The van der Waals surface area contributed by atoms with Crippen LogP contribution in [0.15, 0.2) is 66.0 Å². The molecule has 0 aliphatic heterocycles. The Morgan fingerprint density at radius 3 is 2.62 bits per heavy atom. The van der Waals surface area contributed by atoms with E-state index in [1.54, 1.807) is 23.5 Å². The molecule has 0 saturated carbocycles. The number of hydrogen-bond donors (Lipinski definition) is 1. The molecule has 1 N–H and O–H groups in total. The third-order valence-corrected chi connectivity index (χ3v) is 4.23. The van der Waals surface area contributed by atoms with E-state index in [1.165, 1.54) is 12.1 Å². The van der Waals surface area contributed by atoms with Crippen molar-refractivity contribution >= 4 is 17.2 Å². The molecule has 1 aromatic heterocycles. The average Bonchev–Trinajstić information content (AvgIpc) is 3.08. The van der Waals surface area contributed by atoms with Gasteiger partial charge in [-0.1, -0.05) is 18.2 Å². The number of hydrogen-bond acceptors (Lipinski definition) is 3. The summed E-state index contributed by atoms with van der Waals surface area (Å²) >= 11 is 1.57. The van der Waals surface area contributed by atoms with Gasteiger partial charge in [0.05, 0.1) is 6.42 Å². The number of halogens is 1. The van der Waals surface area contributed by atoms with Crippen LogP contribution in [-0.2, 0) is 17.8 Å². The summed E-state index contributed by atoms with van der Waals surface area (Å²) in [7, 11) is 0. The van der Waals surface area contributed by atoms with Crippen molar-refractivity contribution in [1.29, 1.82) is 0 Å².